The summed E-state index contributed by atoms with van der Waals surface area (Å²) in [7, 11) is 0. The smallest absolute Gasteiger partial charge is 0.241 e. The summed E-state index contributed by atoms with van der Waals surface area (Å²) in [5, 5.41) is 0. The second-order valence-electron chi connectivity index (χ2n) is 2.22. The van der Waals surface area contributed by atoms with E-state index in [2.05, 4.69) is 6.08 Å². The number of halogens is 1. The van der Waals surface area contributed by atoms with Gasteiger partial charge in [0.1, 0.15) is 17.7 Å². The molecule has 0 bridgehead atoms. The van der Waals surface area contributed by atoms with Crippen molar-refractivity contribution in [3.8, 4) is 0 Å². The van der Waals surface area contributed by atoms with E-state index in [4.69, 9.17) is 0 Å². The van der Waals surface area contributed by atoms with Crippen molar-refractivity contribution in [3.05, 3.63) is 35.7 Å². The van der Waals surface area contributed by atoms with E-state index in [1.165, 1.54) is 18.2 Å². The molecule has 0 spiro atoms. The third-order valence-electron chi connectivity index (χ3n) is 1.40. The average Bonchev–Trinajstić information content (AvgIpc) is 2.03. The largest absolute Gasteiger partial charge is 0.278 e. The Labute approximate surface area is 64.9 Å². The van der Waals surface area contributed by atoms with Gasteiger partial charge >= 0.3 is 0 Å². The molecule has 1 aliphatic rings. The monoisotopic (exact) mass is 151 g/mol. The molecule has 0 atom stereocenters. The van der Waals surface area contributed by atoms with E-state index in [1.807, 2.05) is 0 Å². The van der Waals surface area contributed by atoms with E-state index in [1.54, 1.807) is 6.92 Å². The van der Waals surface area contributed by atoms with Gasteiger partial charge in [-0.2, -0.15) is 0 Å². The normalized spacial score (nSPS) is 15.1. The molecule has 0 aliphatic heterocycles. The molecule has 0 aromatic rings. The van der Waals surface area contributed by atoms with Gasteiger partial charge in [-0.05, 0) is 0 Å². The minimum absolute atomic E-state index is 0.0549. The zero-order valence-corrected chi connectivity index (χ0v) is 6.23. The van der Waals surface area contributed by atoms with Crippen molar-refractivity contribution in [1.29, 1.82) is 0 Å². The Kier molecular flexibility index (Phi) is 2.29. The highest BCUT2D eigenvalue weighted by molar-refractivity contribution is 5.98. The molecule has 0 heterocycles. The van der Waals surface area contributed by atoms with Crippen LogP contribution in [0.25, 0.3) is 0 Å². The molecule has 0 saturated heterocycles. The molecular weight excluding hydrogens is 143 g/mol. The Hall–Kier alpha value is -1.27. The van der Waals surface area contributed by atoms with Gasteiger partial charge in [0, 0.05) is 12.5 Å². The Morgan fingerprint density at radius 2 is 2.45 bits per heavy atom. The number of carbonyl (C=O) groups is 1. The predicted octanol–water partition coefficient (Wildman–Crippen LogP) is 2.12. The lowest BCUT2D eigenvalue weighted by atomic mass is 10.1. The number of carbonyl (C=O) groups excluding carboxylic acids is 1. The molecule has 1 aliphatic carbocycles. The number of allylic oxidation sites excluding steroid dienone is 6. The Morgan fingerprint density at radius 1 is 1.73 bits per heavy atom. The van der Waals surface area contributed by atoms with Crippen LogP contribution in [0, 0.1) is 6.08 Å². The zero-order chi connectivity index (χ0) is 8.27. The van der Waals surface area contributed by atoms with Crippen LogP contribution >= 0.6 is 0 Å². The van der Waals surface area contributed by atoms with Crippen LogP contribution in [0.15, 0.2) is 29.6 Å². The predicted molar refractivity (Wildman–Crippen MR) is 40.4 cm³/mol. The van der Waals surface area contributed by atoms with Gasteiger partial charge in [0.15, 0.2) is 0 Å². The SMILES string of the molecule is CCC(=O)C1=CC(F)=C[C+]=C1. The molecule has 0 fully saturated rings. The molecule has 1 rings (SSSR count). The highest BCUT2D eigenvalue weighted by Crippen LogP contribution is 2.12. The quantitative estimate of drug-likeness (QED) is 0.552. The molecule has 0 N–H and O–H groups in total. The summed E-state index contributed by atoms with van der Waals surface area (Å²) in [5.74, 6) is -0.468. The second kappa shape index (κ2) is 3.22. The van der Waals surface area contributed by atoms with Gasteiger partial charge in [0.05, 0.1) is 6.08 Å². The van der Waals surface area contributed by atoms with Gasteiger partial charge in [0.25, 0.3) is 0 Å². The fourth-order valence-electron chi connectivity index (χ4n) is 0.808. The van der Waals surface area contributed by atoms with Crippen molar-refractivity contribution in [3.63, 3.8) is 0 Å². The molecule has 1 nitrogen and oxygen atoms in total. The Morgan fingerprint density at radius 3 is 3.00 bits per heavy atom. The summed E-state index contributed by atoms with van der Waals surface area (Å²) >= 11 is 0. The van der Waals surface area contributed by atoms with E-state index in [-0.39, 0.29) is 5.78 Å². The number of hydrogen-bond donors (Lipinski definition) is 0. The van der Waals surface area contributed by atoms with Crippen molar-refractivity contribution in [2.24, 2.45) is 0 Å². The topological polar surface area (TPSA) is 17.1 Å². The lowest BCUT2D eigenvalue weighted by Crippen LogP contribution is -1.99. The molecule has 0 amide bonds. The zero-order valence-electron chi connectivity index (χ0n) is 6.23. The maximum atomic E-state index is 12.5. The van der Waals surface area contributed by atoms with Crippen molar-refractivity contribution in [2.45, 2.75) is 13.3 Å². The van der Waals surface area contributed by atoms with Crippen LogP contribution < -0.4 is 0 Å². The highest BCUT2D eigenvalue weighted by Gasteiger charge is 2.15. The van der Waals surface area contributed by atoms with Crippen LogP contribution in [0.3, 0.4) is 0 Å². The first-order valence-corrected chi connectivity index (χ1v) is 3.44. The number of rotatable bonds is 2. The highest BCUT2D eigenvalue weighted by atomic mass is 19.1. The Bertz CT molecular complexity index is 259. The summed E-state index contributed by atoms with van der Waals surface area (Å²) in [4.78, 5) is 11.0. The lowest BCUT2D eigenvalue weighted by molar-refractivity contribution is -0.115. The van der Waals surface area contributed by atoms with E-state index >= 15 is 0 Å². The first-order valence-electron chi connectivity index (χ1n) is 3.44. The fraction of sp³-hybridized carbons (Fsp3) is 0.222. The van der Waals surface area contributed by atoms with Gasteiger partial charge in [-0.25, -0.2) is 0 Å². The maximum Gasteiger partial charge on any atom is 0.241 e. The van der Waals surface area contributed by atoms with Gasteiger partial charge < -0.3 is 0 Å². The van der Waals surface area contributed by atoms with Crippen LogP contribution in [0.4, 0.5) is 4.39 Å². The minimum atomic E-state index is -0.413. The molecule has 0 radical (unpaired) electrons. The molecule has 0 unspecified atom stereocenters. The second-order valence-corrected chi connectivity index (χ2v) is 2.22. The van der Waals surface area contributed by atoms with Crippen LogP contribution in [-0.4, -0.2) is 5.78 Å². The van der Waals surface area contributed by atoms with E-state index in [0.717, 1.165) is 0 Å². The van der Waals surface area contributed by atoms with E-state index < -0.39 is 5.83 Å². The van der Waals surface area contributed by atoms with Crippen LogP contribution in [0.2, 0.25) is 0 Å². The number of hydrogen-bond acceptors (Lipinski definition) is 1. The molecule has 11 heavy (non-hydrogen) atoms. The van der Waals surface area contributed by atoms with Crippen molar-refractivity contribution in [1.82, 2.24) is 0 Å². The minimum Gasteiger partial charge on any atom is -0.278 e. The molecule has 2 heteroatoms. The van der Waals surface area contributed by atoms with Crippen molar-refractivity contribution < 1.29 is 9.18 Å². The molecule has 0 aromatic carbocycles. The van der Waals surface area contributed by atoms with E-state index in [9.17, 15) is 9.18 Å². The summed E-state index contributed by atoms with van der Waals surface area (Å²) in [6.07, 6.45) is 6.87. The lowest BCUT2D eigenvalue weighted by Gasteiger charge is -1.90. The van der Waals surface area contributed by atoms with Gasteiger partial charge in [-0.15, -0.1) is 4.39 Å². The fourth-order valence-corrected chi connectivity index (χ4v) is 0.808. The molecule has 0 aromatic heterocycles. The summed E-state index contributed by atoms with van der Waals surface area (Å²) in [6.45, 7) is 1.74. The first-order chi connectivity index (χ1) is 5.24. The number of ketones is 1. The Balaban J connectivity index is 2.84. The first kappa shape index (κ1) is 7.83. The third-order valence-corrected chi connectivity index (χ3v) is 1.40. The van der Waals surface area contributed by atoms with Gasteiger partial charge in [-0.3, -0.25) is 4.79 Å². The molecular formula is C9H8FO+. The van der Waals surface area contributed by atoms with E-state index in [0.29, 0.717) is 12.0 Å². The molecule has 56 valence electrons. The van der Waals surface area contributed by atoms with Crippen LogP contribution in [0.1, 0.15) is 13.3 Å². The maximum absolute atomic E-state index is 12.5. The summed E-state index contributed by atoms with van der Waals surface area (Å²) in [5.41, 5.74) is 0.396. The van der Waals surface area contributed by atoms with Gasteiger partial charge in [-0.1, -0.05) is 6.92 Å². The van der Waals surface area contributed by atoms with Crippen molar-refractivity contribution >= 4 is 5.78 Å². The standard InChI is InChI=1S/C9H8FO/c1-2-9(11)7-4-3-5-8(10)6-7/h4-6H,2H2,1H3/q+1. The number of Topliss-reactive ketones (excluding diaryl/α,β-unsaturated/α-hetero) is 1. The summed E-state index contributed by atoms with van der Waals surface area (Å²) < 4.78 is 12.5. The summed E-state index contributed by atoms with van der Waals surface area (Å²) in [6, 6.07) is 0. The average molecular weight is 151 g/mol. The molecule has 0 saturated carbocycles. The van der Waals surface area contributed by atoms with Gasteiger partial charge in [0.2, 0.25) is 11.6 Å². The van der Waals surface area contributed by atoms with Crippen molar-refractivity contribution in [2.75, 3.05) is 0 Å². The third kappa shape index (κ3) is 1.82. The van der Waals surface area contributed by atoms with Crippen LogP contribution in [0.5, 0.6) is 0 Å². The van der Waals surface area contributed by atoms with Crippen LogP contribution in [-0.2, 0) is 4.79 Å².